The number of benzene rings is 1. The van der Waals surface area contributed by atoms with E-state index >= 15 is 0 Å². The summed E-state index contributed by atoms with van der Waals surface area (Å²) in [7, 11) is 0. The van der Waals surface area contributed by atoms with Crippen molar-refractivity contribution in [3.05, 3.63) is 40.8 Å². The van der Waals surface area contributed by atoms with Gasteiger partial charge in [-0.3, -0.25) is 4.79 Å². The van der Waals surface area contributed by atoms with Crippen molar-refractivity contribution in [3.63, 3.8) is 0 Å². The van der Waals surface area contributed by atoms with Crippen molar-refractivity contribution in [2.45, 2.75) is 19.8 Å². The summed E-state index contributed by atoms with van der Waals surface area (Å²) < 4.78 is 13.1. The molecule has 1 heterocycles. The summed E-state index contributed by atoms with van der Waals surface area (Å²) in [4.78, 5) is 14.0. The van der Waals surface area contributed by atoms with Crippen LogP contribution in [0.3, 0.4) is 0 Å². The number of likely N-dealkylation sites (tertiary alicyclic amines) is 1. The molecule has 1 aromatic carbocycles. The molecule has 6 heteroatoms. The average molecular weight is 322 g/mol. The van der Waals surface area contributed by atoms with Crippen molar-refractivity contribution < 1.29 is 9.18 Å². The van der Waals surface area contributed by atoms with Crippen LogP contribution in [-0.2, 0) is 4.79 Å². The van der Waals surface area contributed by atoms with Gasteiger partial charge in [-0.15, -0.1) is 0 Å². The molecule has 22 heavy (non-hydrogen) atoms. The van der Waals surface area contributed by atoms with E-state index in [0.29, 0.717) is 24.7 Å². The Hall–Kier alpha value is -2.06. The first-order valence-electron chi connectivity index (χ1n) is 7.12. The molecule has 1 fully saturated rings. The fourth-order valence-corrected chi connectivity index (χ4v) is 2.45. The number of anilines is 1. The van der Waals surface area contributed by atoms with Crippen molar-refractivity contribution in [2.24, 2.45) is 5.92 Å². The second-order valence-electron chi connectivity index (χ2n) is 5.42. The van der Waals surface area contributed by atoms with Crippen molar-refractivity contribution >= 4 is 23.2 Å². The van der Waals surface area contributed by atoms with E-state index in [1.54, 1.807) is 4.90 Å². The van der Waals surface area contributed by atoms with Crippen LogP contribution in [0.1, 0.15) is 19.8 Å². The fraction of sp³-hybridized carbons (Fsp3) is 0.375. The van der Waals surface area contributed by atoms with E-state index in [0.717, 1.165) is 12.8 Å². The lowest BCUT2D eigenvalue weighted by molar-refractivity contribution is -0.128. The number of hydrogen-bond donors (Lipinski definition) is 1. The first kappa shape index (κ1) is 16.3. The third-order valence-corrected chi connectivity index (χ3v) is 4.01. The Balaban J connectivity index is 2.05. The lowest BCUT2D eigenvalue weighted by Crippen LogP contribution is -2.38. The van der Waals surface area contributed by atoms with Gasteiger partial charge >= 0.3 is 0 Å². The number of carbonyl (C=O) groups excluding carboxylic acids is 1. The molecule has 116 valence electrons. The van der Waals surface area contributed by atoms with E-state index in [9.17, 15) is 9.18 Å². The number of hydrogen-bond acceptors (Lipinski definition) is 3. The van der Waals surface area contributed by atoms with E-state index in [1.807, 2.05) is 6.07 Å². The molecule has 0 aromatic heterocycles. The highest BCUT2D eigenvalue weighted by Gasteiger charge is 2.22. The Morgan fingerprint density at radius 1 is 1.50 bits per heavy atom. The maximum Gasteiger partial charge on any atom is 0.266 e. The number of nitrogens with zero attached hydrogens (tertiary/aromatic N) is 2. The lowest BCUT2D eigenvalue weighted by Gasteiger charge is -2.30. The summed E-state index contributed by atoms with van der Waals surface area (Å²) in [5, 5.41) is 12.0. The number of carbonyl (C=O) groups is 1. The van der Waals surface area contributed by atoms with Gasteiger partial charge in [0.05, 0.1) is 5.02 Å². The third-order valence-electron chi connectivity index (χ3n) is 3.72. The molecule has 2 rings (SSSR count). The van der Waals surface area contributed by atoms with Gasteiger partial charge in [-0.25, -0.2) is 4.39 Å². The number of rotatable bonds is 3. The fourth-order valence-electron chi connectivity index (χ4n) is 2.27. The van der Waals surface area contributed by atoms with E-state index in [4.69, 9.17) is 16.9 Å². The number of amides is 1. The average Bonchev–Trinajstić information content (AvgIpc) is 2.52. The Morgan fingerprint density at radius 3 is 2.77 bits per heavy atom. The number of halogens is 2. The van der Waals surface area contributed by atoms with Crippen LogP contribution in [0.4, 0.5) is 10.1 Å². The predicted molar refractivity (Wildman–Crippen MR) is 83.7 cm³/mol. The Kier molecular flexibility index (Phi) is 5.40. The minimum absolute atomic E-state index is 0.0201. The number of nitrogens with one attached hydrogen (secondary N) is 1. The second kappa shape index (κ2) is 7.28. The third kappa shape index (κ3) is 3.99. The maximum atomic E-state index is 13.1. The molecule has 1 aliphatic heterocycles. The van der Waals surface area contributed by atoms with Gasteiger partial charge in [-0.1, -0.05) is 18.5 Å². The Morgan fingerprint density at radius 2 is 2.18 bits per heavy atom. The quantitative estimate of drug-likeness (QED) is 0.684. The largest absolute Gasteiger partial charge is 0.360 e. The molecule has 1 N–H and O–H groups in total. The minimum atomic E-state index is -0.518. The van der Waals surface area contributed by atoms with Gasteiger partial charge in [0.1, 0.15) is 17.5 Å². The second-order valence-corrected chi connectivity index (χ2v) is 5.82. The molecule has 1 aliphatic rings. The normalized spacial score (nSPS) is 16.3. The van der Waals surface area contributed by atoms with Crippen LogP contribution in [-0.4, -0.2) is 23.9 Å². The molecular formula is C16H17ClFN3O. The van der Waals surface area contributed by atoms with Crippen LogP contribution in [0, 0.1) is 23.1 Å². The van der Waals surface area contributed by atoms with Crippen LogP contribution in [0.2, 0.25) is 5.02 Å². The highest BCUT2D eigenvalue weighted by Crippen LogP contribution is 2.20. The molecule has 0 saturated carbocycles. The van der Waals surface area contributed by atoms with Gasteiger partial charge in [-0.05, 0) is 37.0 Å². The zero-order chi connectivity index (χ0) is 16.1. The highest BCUT2D eigenvalue weighted by atomic mass is 35.5. The summed E-state index contributed by atoms with van der Waals surface area (Å²) in [6.45, 7) is 3.49. The molecule has 0 unspecified atom stereocenters. The van der Waals surface area contributed by atoms with Gasteiger partial charge in [0.25, 0.3) is 5.91 Å². The molecule has 0 bridgehead atoms. The Bertz CT molecular complexity index is 631. The number of nitriles is 1. The molecule has 0 spiro atoms. The summed E-state index contributed by atoms with van der Waals surface area (Å²) in [6, 6.07) is 6.01. The molecule has 0 atom stereocenters. The van der Waals surface area contributed by atoms with Crippen molar-refractivity contribution in [1.29, 1.82) is 5.26 Å². The molecule has 1 aromatic rings. The topological polar surface area (TPSA) is 56.1 Å². The van der Waals surface area contributed by atoms with Gasteiger partial charge in [0.2, 0.25) is 0 Å². The van der Waals surface area contributed by atoms with E-state index in [-0.39, 0.29) is 16.5 Å². The van der Waals surface area contributed by atoms with Crippen LogP contribution in [0.5, 0.6) is 0 Å². The predicted octanol–water partition coefficient (Wildman–Crippen LogP) is 3.56. The monoisotopic (exact) mass is 321 g/mol. The van der Waals surface area contributed by atoms with E-state index < -0.39 is 5.82 Å². The van der Waals surface area contributed by atoms with Crippen LogP contribution >= 0.6 is 11.6 Å². The Labute approximate surface area is 134 Å². The molecule has 0 radical (unpaired) electrons. The minimum Gasteiger partial charge on any atom is -0.360 e. The summed E-state index contributed by atoms with van der Waals surface area (Å²) >= 11 is 5.69. The maximum absolute atomic E-state index is 13.1. The van der Waals surface area contributed by atoms with E-state index in [1.165, 1.54) is 24.4 Å². The summed E-state index contributed by atoms with van der Waals surface area (Å²) in [6.07, 6.45) is 3.24. The first-order chi connectivity index (χ1) is 10.5. The van der Waals surface area contributed by atoms with Gasteiger partial charge < -0.3 is 10.2 Å². The highest BCUT2D eigenvalue weighted by molar-refractivity contribution is 6.31. The standard InChI is InChI=1S/C16H17ClFN3O/c1-11-4-6-21(7-5-11)16(22)12(9-19)10-20-13-2-3-15(18)14(17)8-13/h2-3,8,10-11,20H,4-7H2,1H3/b12-10-. The lowest BCUT2D eigenvalue weighted by atomic mass is 9.99. The zero-order valence-corrected chi connectivity index (χ0v) is 13.0. The van der Waals surface area contributed by atoms with Gasteiger partial charge in [0, 0.05) is 25.0 Å². The molecule has 1 amide bonds. The van der Waals surface area contributed by atoms with Crippen LogP contribution in [0.15, 0.2) is 30.0 Å². The van der Waals surface area contributed by atoms with Crippen molar-refractivity contribution in [1.82, 2.24) is 4.90 Å². The summed E-state index contributed by atoms with van der Waals surface area (Å²) in [5.41, 5.74) is 0.536. The molecule has 0 aliphatic carbocycles. The van der Waals surface area contributed by atoms with Crippen molar-refractivity contribution in [3.8, 4) is 6.07 Å². The van der Waals surface area contributed by atoms with Crippen LogP contribution in [0.25, 0.3) is 0 Å². The first-order valence-corrected chi connectivity index (χ1v) is 7.50. The van der Waals surface area contributed by atoms with E-state index in [2.05, 4.69) is 12.2 Å². The summed E-state index contributed by atoms with van der Waals surface area (Å²) in [5.74, 6) is -0.191. The smallest absolute Gasteiger partial charge is 0.266 e. The molecular weight excluding hydrogens is 305 g/mol. The molecule has 4 nitrogen and oxygen atoms in total. The van der Waals surface area contributed by atoms with Gasteiger partial charge in [0.15, 0.2) is 0 Å². The zero-order valence-electron chi connectivity index (χ0n) is 12.3. The SMILES string of the molecule is CC1CCN(C(=O)/C(C#N)=C\Nc2ccc(F)c(Cl)c2)CC1. The van der Waals surface area contributed by atoms with Crippen LogP contribution < -0.4 is 5.32 Å². The number of piperidine rings is 1. The van der Waals surface area contributed by atoms with Crippen molar-refractivity contribution in [2.75, 3.05) is 18.4 Å². The molecule has 1 saturated heterocycles. The van der Waals surface area contributed by atoms with Gasteiger partial charge in [-0.2, -0.15) is 5.26 Å².